The molecule has 0 saturated heterocycles. The van der Waals surface area contributed by atoms with Crippen LogP contribution in [-0.2, 0) is 16.0 Å². The lowest BCUT2D eigenvalue weighted by Crippen LogP contribution is -2.20. The summed E-state index contributed by atoms with van der Waals surface area (Å²) in [6.07, 6.45) is 2.11. The maximum absolute atomic E-state index is 12.4. The number of rotatable bonds is 8. The normalized spacial score (nSPS) is 12.6. The van der Waals surface area contributed by atoms with Crippen molar-refractivity contribution in [3.63, 3.8) is 0 Å². The van der Waals surface area contributed by atoms with Crippen molar-refractivity contribution in [1.82, 2.24) is 0 Å². The van der Waals surface area contributed by atoms with E-state index in [0.717, 1.165) is 24.1 Å². The zero-order valence-corrected chi connectivity index (χ0v) is 16.1. The van der Waals surface area contributed by atoms with E-state index in [4.69, 9.17) is 9.47 Å². The minimum atomic E-state index is -0.367. The number of hydrogen-bond acceptors (Lipinski definition) is 5. The predicted octanol–water partition coefficient (Wildman–Crippen LogP) is 3.42. The maximum atomic E-state index is 12.4. The molecule has 146 valence electrons. The molecule has 0 aromatic heterocycles. The highest BCUT2D eigenvalue weighted by Crippen LogP contribution is 2.28. The lowest BCUT2D eigenvalue weighted by atomic mass is 10.1. The predicted molar refractivity (Wildman–Crippen MR) is 105 cm³/mol. The second kappa shape index (κ2) is 8.69. The summed E-state index contributed by atoms with van der Waals surface area (Å²) >= 11 is 0. The number of fused-ring (bicyclic) bond motifs is 1. The molecule has 1 aliphatic heterocycles. The van der Waals surface area contributed by atoms with Crippen LogP contribution in [0.3, 0.4) is 0 Å². The summed E-state index contributed by atoms with van der Waals surface area (Å²) in [6.45, 7) is 2.31. The maximum Gasteiger partial charge on any atom is 0.338 e. The van der Waals surface area contributed by atoms with Crippen LogP contribution in [-0.4, -0.2) is 37.9 Å². The molecule has 1 heterocycles. The smallest absolute Gasteiger partial charge is 0.338 e. The van der Waals surface area contributed by atoms with Crippen LogP contribution in [0.2, 0.25) is 0 Å². The van der Waals surface area contributed by atoms with Gasteiger partial charge in [-0.15, -0.1) is 0 Å². The summed E-state index contributed by atoms with van der Waals surface area (Å²) in [5.41, 5.74) is 2.65. The van der Waals surface area contributed by atoms with Gasteiger partial charge in [0.1, 0.15) is 5.75 Å². The standard InChI is InChI=1S/C22H23NO5/c1-3-4-11-27-22(26)15-5-8-18(9-6-15)28-14-20(24)16-7-10-19-17(12-16)13-21(25)23(19)2/h5-10,12H,3-4,11,13-14H2,1-2H3. The van der Waals surface area contributed by atoms with Crippen LogP contribution in [0.4, 0.5) is 5.69 Å². The lowest BCUT2D eigenvalue weighted by Gasteiger charge is -2.11. The number of nitrogens with zero attached hydrogens (tertiary/aromatic N) is 1. The molecule has 0 aliphatic carbocycles. The molecule has 0 spiro atoms. The lowest BCUT2D eigenvalue weighted by molar-refractivity contribution is -0.117. The van der Waals surface area contributed by atoms with Gasteiger partial charge in [0.2, 0.25) is 5.91 Å². The van der Waals surface area contributed by atoms with Crippen molar-refractivity contribution >= 4 is 23.3 Å². The van der Waals surface area contributed by atoms with Crippen molar-refractivity contribution in [2.24, 2.45) is 0 Å². The second-order valence-corrected chi connectivity index (χ2v) is 6.70. The molecule has 6 nitrogen and oxygen atoms in total. The van der Waals surface area contributed by atoms with Gasteiger partial charge in [-0.05, 0) is 54.4 Å². The van der Waals surface area contributed by atoms with Crippen molar-refractivity contribution in [2.45, 2.75) is 26.2 Å². The molecule has 3 rings (SSSR count). The Morgan fingerprint density at radius 1 is 1.07 bits per heavy atom. The molecule has 0 saturated carbocycles. The summed E-state index contributed by atoms with van der Waals surface area (Å²) in [4.78, 5) is 37.6. The Labute approximate surface area is 164 Å². The Bertz CT molecular complexity index is 888. The largest absolute Gasteiger partial charge is 0.485 e. The van der Waals surface area contributed by atoms with Crippen LogP contribution in [0.1, 0.15) is 46.0 Å². The van der Waals surface area contributed by atoms with Gasteiger partial charge in [-0.25, -0.2) is 4.79 Å². The molecule has 1 aliphatic rings. The number of Topliss-reactive ketones (excluding diaryl/α,β-unsaturated/α-hetero) is 1. The first kappa shape index (κ1) is 19.6. The van der Waals surface area contributed by atoms with Crippen LogP contribution < -0.4 is 9.64 Å². The van der Waals surface area contributed by atoms with E-state index in [0.29, 0.717) is 29.9 Å². The number of benzene rings is 2. The fourth-order valence-corrected chi connectivity index (χ4v) is 2.96. The second-order valence-electron chi connectivity index (χ2n) is 6.70. The van der Waals surface area contributed by atoms with Crippen molar-refractivity contribution in [1.29, 1.82) is 0 Å². The number of ketones is 1. The monoisotopic (exact) mass is 381 g/mol. The third kappa shape index (κ3) is 4.39. The van der Waals surface area contributed by atoms with Crippen LogP contribution in [0, 0.1) is 0 Å². The van der Waals surface area contributed by atoms with Crippen LogP contribution in [0.25, 0.3) is 0 Å². The number of likely N-dealkylation sites (N-methyl/N-ethyl adjacent to an activating group) is 1. The van der Waals surface area contributed by atoms with Gasteiger partial charge in [0.05, 0.1) is 18.6 Å². The Balaban J connectivity index is 1.56. The van der Waals surface area contributed by atoms with E-state index in [-0.39, 0.29) is 24.3 Å². The van der Waals surface area contributed by atoms with E-state index in [2.05, 4.69) is 0 Å². The molecule has 2 aromatic carbocycles. The van der Waals surface area contributed by atoms with E-state index in [1.807, 2.05) is 6.92 Å². The molecule has 0 radical (unpaired) electrons. The number of anilines is 1. The first-order valence-corrected chi connectivity index (χ1v) is 9.32. The van der Waals surface area contributed by atoms with Gasteiger partial charge in [0.25, 0.3) is 0 Å². The molecule has 2 aromatic rings. The fraction of sp³-hybridized carbons (Fsp3) is 0.318. The highest BCUT2D eigenvalue weighted by Gasteiger charge is 2.24. The van der Waals surface area contributed by atoms with Crippen LogP contribution in [0.15, 0.2) is 42.5 Å². The van der Waals surface area contributed by atoms with E-state index in [1.165, 1.54) is 0 Å². The molecule has 0 N–H and O–H groups in total. The van der Waals surface area contributed by atoms with Gasteiger partial charge >= 0.3 is 5.97 Å². The van der Waals surface area contributed by atoms with Crippen LogP contribution in [0.5, 0.6) is 5.75 Å². The van der Waals surface area contributed by atoms with E-state index in [1.54, 1.807) is 54.4 Å². The van der Waals surface area contributed by atoms with E-state index >= 15 is 0 Å². The number of amides is 1. The highest BCUT2D eigenvalue weighted by atomic mass is 16.5. The molecule has 6 heteroatoms. The van der Waals surface area contributed by atoms with Crippen molar-refractivity contribution in [3.05, 3.63) is 59.2 Å². The molecule has 0 fully saturated rings. The minimum Gasteiger partial charge on any atom is -0.485 e. The summed E-state index contributed by atoms with van der Waals surface area (Å²) in [5, 5.41) is 0. The topological polar surface area (TPSA) is 72.9 Å². The van der Waals surface area contributed by atoms with Crippen LogP contribution >= 0.6 is 0 Å². The van der Waals surface area contributed by atoms with E-state index in [9.17, 15) is 14.4 Å². The zero-order valence-electron chi connectivity index (χ0n) is 16.1. The van der Waals surface area contributed by atoms with Gasteiger partial charge in [0.15, 0.2) is 12.4 Å². The molecule has 0 unspecified atom stereocenters. The summed E-state index contributed by atoms with van der Waals surface area (Å²) in [6, 6.07) is 11.7. The third-order valence-electron chi connectivity index (χ3n) is 4.67. The quantitative estimate of drug-likeness (QED) is 0.398. The summed E-state index contributed by atoms with van der Waals surface area (Å²) in [7, 11) is 1.72. The first-order chi connectivity index (χ1) is 13.5. The average molecular weight is 381 g/mol. The zero-order chi connectivity index (χ0) is 20.1. The third-order valence-corrected chi connectivity index (χ3v) is 4.67. The summed E-state index contributed by atoms with van der Waals surface area (Å²) in [5.74, 6) is -0.0275. The molecular formula is C22H23NO5. The number of hydrogen-bond donors (Lipinski definition) is 0. The van der Waals surface area contributed by atoms with Gasteiger partial charge in [-0.2, -0.15) is 0 Å². The SMILES string of the molecule is CCCCOC(=O)c1ccc(OCC(=O)c2ccc3c(c2)CC(=O)N3C)cc1. The van der Waals surface area contributed by atoms with Crippen molar-refractivity contribution in [2.75, 3.05) is 25.2 Å². The Kier molecular flexibility index (Phi) is 6.09. The Morgan fingerprint density at radius 2 is 1.79 bits per heavy atom. The number of esters is 1. The minimum absolute atomic E-state index is 0.0177. The van der Waals surface area contributed by atoms with E-state index < -0.39 is 0 Å². The van der Waals surface area contributed by atoms with Gasteiger partial charge in [-0.3, -0.25) is 9.59 Å². The number of ether oxygens (including phenoxy) is 2. The van der Waals surface area contributed by atoms with Gasteiger partial charge in [-0.1, -0.05) is 13.3 Å². The Morgan fingerprint density at radius 3 is 2.50 bits per heavy atom. The van der Waals surface area contributed by atoms with Crippen molar-refractivity contribution in [3.8, 4) is 5.75 Å². The molecule has 1 amide bonds. The molecular weight excluding hydrogens is 358 g/mol. The average Bonchev–Trinajstić information content (AvgIpc) is 2.99. The number of unbranched alkanes of at least 4 members (excludes halogenated alkanes) is 1. The Hall–Kier alpha value is -3.15. The number of carbonyl (C=O) groups is 3. The first-order valence-electron chi connectivity index (χ1n) is 9.32. The fourth-order valence-electron chi connectivity index (χ4n) is 2.96. The molecule has 28 heavy (non-hydrogen) atoms. The molecule has 0 atom stereocenters. The summed E-state index contributed by atoms with van der Waals surface area (Å²) < 4.78 is 10.7. The number of carbonyl (C=O) groups excluding carboxylic acids is 3. The van der Waals surface area contributed by atoms with Gasteiger partial charge < -0.3 is 14.4 Å². The molecule has 0 bridgehead atoms. The van der Waals surface area contributed by atoms with Gasteiger partial charge in [0, 0.05) is 18.3 Å². The highest BCUT2D eigenvalue weighted by molar-refractivity contribution is 6.03. The van der Waals surface area contributed by atoms with Crippen molar-refractivity contribution < 1.29 is 23.9 Å².